The highest BCUT2D eigenvalue weighted by atomic mass is 79.9. The topological polar surface area (TPSA) is 51.1 Å². The van der Waals surface area contributed by atoms with Crippen LogP contribution in [-0.4, -0.2) is 26.0 Å². The molecule has 1 heterocycles. The fourth-order valence-corrected chi connectivity index (χ4v) is 3.77. The number of ether oxygens (including phenoxy) is 2. The lowest BCUT2D eigenvalue weighted by Gasteiger charge is -2.18. The zero-order valence-corrected chi connectivity index (χ0v) is 20.0. The van der Waals surface area contributed by atoms with Gasteiger partial charge < -0.3 is 9.47 Å². The highest BCUT2D eigenvalue weighted by Crippen LogP contribution is 2.32. The minimum atomic E-state index is -0.199. The Kier molecular flexibility index (Phi) is 6.25. The van der Waals surface area contributed by atoms with E-state index in [2.05, 4.69) is 31.9 Å². The Bertz CT molecular complexity index is 1190. The van der Waals surface area contributed by atoms with E-state index in [4.69, 9.17) is 14.5 Å². The zero-order chi connectivity index (χ0) is 22.0. The number of hydrogen-bond acceptors (Lipinski definition) is 4. The van der Waals surface area contributed by atoms with Gasteiger partial charge in [0.1, 0.15) is 11.5 Å². The summed E-state index contributed by atoms with van der Waals surface area (Å²) in [7, 11) is 3.16. The number of methoxy groups -OCH3 is 2. The predicted octanol–water partition coefficient (Wildman–Crippen LogP) is 6.06. The van der Waals surface area contributed by atoms with Crippen molar-refractivity contribution in [3.63, 3.8) is 0 Å². The Morgan fingerprint density at radius 2 is 1.45 bits per heavy atom. The van der Waals surface area contributed by atoms with Crippen molar-refractivity contribution in [1.82, 2.24) is 0 Å². The van der Waals surface area contributed by atoms with Crippen molar-refractivity contribution < 1.29 is 14.3 Å². The number of amidine groups is 1. The van der Waals surface area contributed by atoms with Gasteiger partial charge in [-0.1, -0.05) is 50.1 Å². The third kappa shape index (κ3) is 4.43. The summed E-state index contributed by atoms with van der Waals surface area (Å²) < 4.78 is 12.6. The van der Waals surface area contributed by atoms with Crippen LogP contribution in [0.15, 0.2) is 86.4 Å². The van der Waals surface area contributed by atoms with Gasteiger partial charge in [-0.15, -0.1) is 0 Å². The predicted molar refractivity (Wildman–Crippen MR) is 130 cm³/mol. The number of nitrogens with zero attached hydrogens (tertiary/aromatic N) is 2. The number of carbonyl (C=O) groups is 1. The largest absolute Gasteiger partial charge is 0.493 e. The zero-order valence-electron chi connectivity index (χ0n) is 16.8. The maximum absolute atomic E-state index is 13.4. The van der Waals surface area contributed by atoms with E-state index in [1.165, 1.54) is 0 Å². The van der Waals surface area contributed by atoms with E-state index in [0.717, 1.165) is 25.8 Å². The van der Waals surface area contributed by atoms with Gasteiger partial charge in [-0.05, 0) is 60.2 Å². The fraction of sp³-hybridized carbons (Fsp3) is 0.0833. The van der Waals surface area contributed by atoms with Crippen LogP contribution in [0, 0.1) is 0 Å². The summed E-state index contributed by atoms with van der Waals surface area (Å²) in [6, 6.07) is 20.8. The third-order valence-electron chi connectivity index (χ3n) is 4.76. The molecule has 156 valence electrons. The number of carbonyl (C=O) groups excluding carboxylic acids is 1. The van der Waals surface area contributed by atoms with E-state index >= 15 is 0 Å². The van der Waals surface area contributed by atoms with Crippen LogP contribution < -0.4 is 14.4 Å². The molecule has 0 radical (unpaired) electrons. The molecule has 0 bridgehead atoms. The highest BCUT2D eigenvalue weighted by Gasteiger charge is 2.32. The van der Waals surface area contributed by atoms with E-state index in [1.54, 1.807) is 31.3 Å². The molecule has 7 heteroatoms. The summed E-state index contributed by atoms with van der Waals surface area (Å²) in [6.07, 6.45) is 1.75. The van der Waals surface area contributed by atoms with Crippen LogP contribution in [0.3, 0.4) is 0 Å². The van der Waals surface area contributed by atoms with E-state index in [9.17, 15) is 4.79 Å². The Morgan fingerprint density at radius 1 is 0.839 bits per heavy atom. The number of rotatable bonds is 5. The molecule has 1 aliphatic heterocycles. The van der Waals surface area contributed by atoms with Gasteiger partial charge in [-0.3, -0.25) is 9.69 Å². The quantitative estimate of drug-likeness (QED) is 0.369. The SMILES string of the molecule is COc1ccc(/C=C2/N=C(c3ccc(Br)cc3)N(c3ccc(Br)cc3)C2=O)cc1OC. The molecule has 0 aromatic heterocycles. The molecule has 0 saturated heterocycles. The number of amides is 1. The molecule has 31 heavy (non-hydrogen) atoms. The Labute approximate surface area is 197 Å². The minimum Gasteiger partial charge on any atom is -0.493 e. The van der Waals surface area contributed by atoms with Crippen molar-refractivity contribution >= 4 is 55.4 Å². The second kappa shape index (κ2) is 9.08. The molecule has 1 aliphatic rings. The van der Waals surface area contributed by atoms with Crippen molar-refractivity contribution in [2.24, 2.45) is 4.99 Å². The first-order valence-corrected chi connectivity index (χ1v) is 11.0. The summed E-state index contributed by atoms with van der Waals surface area (Å²) in [5, 5.41) is 0. The van der Waals surface area contributed by atoms with Gasteiger partial charge in [-0.25, -0.2) is 4.99 Å². The molecule has 3 aromatic carbocycles. The van der Waals surface area contributed by atoms with Crippen molar-refractivity contribution in [3.05, 3.63) is 92.5 Å². The van der Waals surface area contributed by atoms with E-state index in [0.29, 0.717) is 23.0 Å². The summed E-state index contributed by atoms with van der Waals surface area (Å²) in [6.45, 7) is 0. The monoisotopic (exact) mass is 540 g/mol. The lowest BCUT2D eigenvalue weighted by molar-refractivity contribution is -0.113. The van der Waals surface area contributed by atoms with Gasteiger partial charge in [0.2, 0.25) is 0 Å². The summed E-state index contributed by atoms with van der Waals surface area (Å²) >= 11 is 6.90. The normalized spacial score (nSPS) is 14.7. The molecule has 0 atom stereocenters. The number of anilines is 1. The van der Waals surface area contributed by atoms with Crippen molar-refractivity contribution in [2.45, 2.75) is 0 Å². The molecule has 3 aromatic rings. The van der Waals surface area contributed by atoms with Crippen LogP contribution in [0.25, 0.3) is 6.08 Å². The minimum absolute atomic E-state index is 0.199. The molecule has 0 saturated carbocycles. The molecule has 0 N–H and O–H groups in total. The first-order chi connectivity index (χ1) is 15.0. The number of hydrogen-bond donors (Lipinski definition) is 0. The van der Waals surface area contributed by atoms with Crippen molar-refractivity contribution in [2.75, 3.05) is 19.1 Å². The third-order valence-corrected chi connectivity index (χ3v) is 5.82. The summed E-state index contributed by atoms with van der Waals surface area (Å²) in [5.41, 5.74) is 2.71. The van der Waals surface area contributed by atoms with Crippen LogP contribution >= 0.6 is 31.9 Å². The number of aliphatic imine (C=N–C) groups is 1. The molecule has 0 aliphatic carbocycles. The Balaban J connectivity index is 1.80. The van der Waals surface area contributed by atoms with E-state index in [1.807, 2.05) is 60.7 Å². The van der Waals surface area contributed by atoms with Gasteiger partial charge in [0.25, 0.3) is 5.91 Å². The lowest BCUT2D eigenvalue weighted by Crippen LogP contribution is -2.32. The number of benzene rings is 3. The summed E-state index contributed by atoms with van der Waals surface area (Å²) in [5.74, 6) is 1.59. The second-order valence-corrected chi connectivity index (χ2v) is 8.53. The van der Waals surface area contributed by atoms with Crippen LogP contribution in [0.5, 0.6) is 11.5 Å². The second-order valence-electron chi connectivity index (χ2n) is 6.70. The fourth-order valence-electron chi connectivity index (χ4n) is 3.24. The van der Waals surface area contributed by atoms with Gasteiger partial charge in [0.05, 0.1) is 19.9 Å². The average molecular weight is 542 g/mol. The van der Waals surface area contributed by atoms with Crippen molar-refractivity contribution in [3.8, 4) is 11.5 Å². The lowest BCUT2D eigenvalue weighted by atomic mass is 10.1. The maximum Gasteiger partial charge on any atom is 0.282 e. The van der Waals surface area contributed by atoms with Gasteiger partial charge in [-0.2, -0.15) is 0 Å². The average Bonchev–Trinajstić information content (AvgIpc) is 3.10. The molecular formula is C24H18Br2N2O3. The first kappa shape index (κ1) is 21.3. The van der Waals surface area contributed by atoms with Crippen LogP contribution in [0.2, 0.25) is 0 Å². The maximum atomic E-state index is 13.4. The van der Waals surface area contributed by atoms with Crippen LogP contribution in [0.1, 0.15) is 11.1 Å². The molecule has 1 amide bonds. The number of halogens is 2. The van der Waals surface area contributed by atoms with E-state index in [-0.39, 0.29) is 5.91 Å². The van der Waals surface area contributed by atoms with E-state index < -0.39 is 0 Å². The Morgan fingerprint density at radius 3 is 2.06 bits per heavy atom. The molecule has 4 rings (SSSR count). The molecule has 5 nitrogen and oxygen atoms in total. The first-order valence-electron chi connectivity index (χ1n) is 9.38. The van der Waals surface area contributed by atoms with Gasteiger partial charge >= 0.3 is 0 Å². The van der Waals surface area contributed by atoms with Crippen molar-refractivity contribution in [1.29, 1.82) is 0 Å². The molecular weight excluding hydrogens is 524 g/mol. The molecule has 0 fully saturated rings. The molecule has 0 spiro atoms. The van der Waals surface area contributed by atoms with Gasteiger partial charge in [0, 0.05) is 14.5 Å². The smallest absolute Gasteiger partial charge is 0.282 e. The van der Waals surface area contributed by atoms with Crippen LogP contribution in [-0.2, 0) is 4.79 Å². The molecule has 0 unspecified atom stereocenters. The standard InChI is InChI=1S/C24H18Br2N2O3/c1-30-21-12-3-15(14-22(21)31-2)13-20-24(29)28(19-10-8-18(26)9-11-19)23(27-20)16-4-6-17(25)7-5-16/h3-14H,1-2H3/b20-13+. The summed E-state index contributed by atoms with van der Waals surface area (Å²) in [4.78, 5) is 19.7. The van der Waals surface area contributed by atoms with Gasteiger partial charge in [0.15, 0.2) is 11.5 Å². The Hall–Kier alpha value is -2.90. The van der Waals surface area contributed by atoms with Crippen LogP contribution in [0.4, 0.5) is 5.69 Å². The highest BCUT2D eigenvalue weighted by molar-refractivity contribution is 9.10.